The summed E-state index contributed by atoms with van der Waals surface area (Å²) in [5.74, 6) is -1.57. The van der Waals surface area contributed by atoms with Gasteiger partial charge in [0, 0.05) is 17.6 Å². The summed E-state index contributed by atoms with van der Waals surface area (Å²) in [6, 6.07) is 6.43. The van der Waals surface area contributed by atoms with E-state index in [4.69, 9.17) is 0 Å². The van der Waals surface area contributed by atoms with Gasteiger partial charge in [0.15, 0.2) is 5.03 Å². The molecule has 0 bridgehead atoms. The van der Waals surface area contributed by atoms with Gasteiger partial charge in [0.1, 0.15) is 12.1 Å². The van der Waals surface area contributed by atoms with E-state index < -0.39 is 34.0 Å². The molecule has 3 atom stereocenters. The number of aliphatic carboxylic acids is 1. The summed E-state index contributed by atoms with van der Waals surface area (Å²) in [5.41, 5.74) is 0. The van der Waals surface area contributed by atoms with Crippen molar-refractivity contribution in [2.24, 2.45) is 0 Å². The van der Waals surface area contributed by atoms with Crippen molar-refractivity contribution >= 4 is 32.7 Å². The van der Waals surface area contributed by atoms with Gasteiger partial charge in [-0.25, -0.2) is 18.2 Å². The molecule has 2 aromatic rings. The van der Waals surface area contributed by atoms with Gasteiger partial charge in [0.2, 0.25) is 5.91 Å². The first-order valence-corrected chi connectivity index (χ1v) is 10.9. The van der Waals surface area contributed by atoms with Crippen LogP contribution in [0.2, 0.25) is 0 Å². The fourth-order valence-electron chi connectivity index (χ4n) is 4.10. The lowest BCUT2D eigenvalue weighted by atomic mass is 10.1. The van der Waals surface area contributed by atoms with Gasteiger partial charge < -0.3 is 10.0 Å². The third-order valence-corrected chi connectivity index (χ3v) is 6.91. The second kappa shape index (κ2) is 7.57. The summed E-state index contributed by atoms with van der Waals surface area (Å²) < 4.78 is 28.6. The van der Waals surface area contributed by atoms with Crippen LogP contribution in [0.1, 0.15) is 25.7 Å². The van der Waals surface area contributed by atoms with Crippen LogP contribution in [0.4, 0.5) is 0 Å². The minimum atomic E-state index is -4.10. The topological polar surface area (TPSA) is 117 Å². The molecule has 1 fully saturated rings. The number of fused-ring (bicyclic) bond motifs is 2. The molecule has 2 aliphatic heterocycles. The van der Waals surface area contributed by atoms with Crippen LogP contribution in [0.15, 0.2) is 53.7 Å². The average molecular weight is 415 g/mol. The standard InChI is InChI=1S/C20H21N3O5S/c24-19-16(8-4-2-6-14-9-10-17(20(25)26)23(14)19)22-29(27,28)18-15-7-3-1-5-13(15)11-12-21-18/h1-5,7,11-12,14,16-17,22H,6,8-10H2,(H,25,26)/b4-2-. The first-order chi connectivity index (χ1) is 13.9. The monoisotopic (exact) mass is 415 g/mol. The third-order valence-electron chi connectivity index (χ3n) is 5.48. The van der Waals surface area contributed by atoms with E-state index in [-0.39, 0.29) is 17.5 Å². The van der Waals surface area contributed by atoms with E-state index in [9.17, 15) is 23.1 Å². The maximum absolute atomic E-state index is 13.1. The fraction of sp³-hybridized carbons (Fsp3) is 0.350. The Labute approximate surface area is 168 Å². The van der Waals surface area contributed by atoms with Gasteiger partial charge in [-0.05, 0) is 37.1 Å². The number of carboxylic acid groups (broad SMARTS) is 1. The molecule has 0 radical (unpaired) electrons. The zero-order chi connectivity index (χ0) is 20.6. The zero-order valence-electron chi connectivity index (χ0n) is 15.6. The smallest absolute Gasteiger partial charge is 0.326 e. The molecule has 0 saturated carbocycles. The minimum Gasteiger partial charge on any atom is -0.480 e. The fourth-order valence-corrected chi connectivity index (χ4v) is 5.46. The zero-order valence-corrected chi connectivity index (χ0v) is 16.4. The highest BCUT2D eigenvalue weighted by Gasteiger charge is 2.44. The molecule has 0 spiro atoms. The number of carbonyl (C=O) groups is 2. The van der Waals surface area contributed by atoms with Crippen molar-refractivity contribution in [3.05, 3.63) is 48.7 Å². The van der Waals surface area contributed by atoms with Crippen LogP contribution in [0.3, 0.4) is 0 Å². The van der Waals surface area contributed by atoms with Gasteiger partial charge in [0.25, 0.3) is 10.0 Å². The summed E-state index contributed by atoms with van der Waals surface area (Å²) in [7, 11) is -4.10. The number of hydrogen-bond donors (Lipinski definition) is 2. The van der Waals surface area contributed by atoms with Crippen LogP contribution in [0.25, 0.3) is 10.8 Å². The van der Waals surface area contributed by atoms with E-state index in [2.05, 4.69) is 9.71 Å². The maximum Gasteiger partial charge on any atom is 0.326 e. The Morgan fingerprint density at radius 2 is 1.90 bits per heavy atom. The average Bonchev–Trinajstić information content (AvgIpc) is 3.12. The summed E-state index contributed by atoms with van der Waals surface area (Å²) in [4.78, 5) is 30.1. The Kier molecular flexibility index (Phi) is 5.10. The number of amides is 1. The Morgan fingerprint density at radius 3 is 2.69 bits per heavy atom. The molecule has 3 unspecified atom stereocenters. The molecule has 1 saturated heterocycles. The van der Waals surface area contributed by atoms with E-state index in [1.54, 1.807) is 36.4 Å². The number of sulfonamides is 1. The molecule has 1 aromatic carbocycles. The summed E-state index contributed by atoms with van der Waals surface area (Å²) in [5, 5.41) is 10.5. The predicted molar refractivity (Wildman–Crippen MR) is 106 cm³/mol. The largest absolute Gasteiger partial charge is 0.480 e. The number of nitrogens with zero attached hydrogens (tertiary/aromatic N) is 2. The van der Waals surface area contributed by atoms with Crippen LogP contribution < -0.4 is 4.72 Å². The van der Waals surface area contributed by atoms with Crippen molar-refractivity contribution in [1.82, 2.24) is 14.6 Å². The first-order valence-electron chi connectivity index (χ1n) is 9.44. The van der Waals surface area contributed by atoms with Crippen LogP contribution in [0.5, 0.6) is 0 Å². The summed E-state index contributed by atoms with van der Waals surface area (Å²) >= 11 is 0. The molecule has 152 valence electrons. The second-order valence-electron chi connectivity index (χ2n) is 7.28. The van der Waals surface area contributed by atoms with Crippen LogP contribution in [-0.4, -0.2) is 53.4 Å². The highest BCUT2D eigenvalue weighted by atomic mass is 32.2. The Hall–Kier alpha value is -2.78. The Bertz CT molecular complexity index is 1090. The lowest BCUT2D eigenvalue weighted by molar-refractivity contribution is -0.150. The van der Waals surface area contributed by atoms with Crippen LogP contribution in [-0.2, 0) is 19.6 Å². The van der Waals surface area contributed by atoms with Gasteiger partial charge in [-0.2, -0.15) is 4.72 Å². The quantitative estimate of drug-likeness (QED) is 0.734. The number of aromatic nitrogens is 1. The number of hydrogen-bond acceptors (Lipinski definition) is 5. The van der Waals surface area contributed by atoms with E-state index in [1.807, 2.05) is 6.08 Å². The normalized spacial score (nSPS) is 26.0. The van der Waals surface area contributed by atoms with E-state index in [0.717, 1.165) is 5.39 Å². The summed E-state index contributed by atoms with van der Waals surface area (Å²) in [6.45, 7) is 0. The van der Waals surface area contributed by atoms with E-state index in [0.29, 0.717) is 24.6 Å². The van der Waals surface area contributed by atoms with Crippen molar-refractivity contribution in [1.29, 1.82) is 0 Å². The number of nitrogens with one attached hydrogen (secondary N) is 1. The molecule has 2 aliphatic rings. The SMILES string of the molecule is O=C(O)C1CCC2C/C=C\CC(NS(=O)(=O)c3nccc4ccccc34)C(=O)N21. The number of carboxylic acids is 1. The number of carbonyl (C=O) groups excluding carboxylic acids is 1. The third kappa shape index (κ3) is 3.63. The number of benzene rings is 1. The van der Waals surface area contributed by atoms with E-state index in [1.165, 1.54) is 11.1 Å². The lowest BCUT2D eigenvalue weighted by Crippen LogP contribution is -2.54. The van der Waals surface area contributed by atoms with E-state index >= 15 is 0 Å². The number of pyridine rings is 1. The molecule has 9 heteroatoms. The van der Waals surface area contributed by atoms with Crippen molar-refractivity contribution in [3.8, 4) is 0 Å². The van der Waals surface area contributed by atoms with Crippen molar-refractivity contribution in [2.75, 3.05) is 0 Å². The number of rotatable bonds is 4. The van der Waals surface area contributed by atoms with Crippen LogP contribution in [0, 0.1) is 0 Å². The van der Waals surface area contributed by atoms with Gasteiger partial charge in [-0.15, -0.1) is 0 Å². The van der Waals surface area contributed by atoms with Crippen molar-refractivity contribution < 1.29 is 23.1 Å². The highest BCUT2D eigenvalue weighted by molar-refractivity contribution is 7.89. The molecule has 3 heterocycles. The summed E-state index contributed by atoms with van der Waals surface area (Å²) in [6.07, 6.45) is 6.73. The molecule has 0 aliphatic carbocycles. The molecule has 4 rings (SSSR count). The maximum atomic E-state index is 13.1. The van der Waals surface area contributed by atoms with Gasteiger partial charge in [0.05, 0.1) is 0 Å². The van der Waals surface area contributed by atoms with Crippen LogP contribution >= 0.6 is 0 Å². The molecule has 29 heavy (non-hydrogen) atoms. The van der Waals surface area contributed by atoms with Gasteiger partial charge >= 0.3 is 5.97 Å². The highest BCUT2D eigenvalue weighted by Crippen LogP contribution is 2.30. The van der Waals surface area contributed by atoms with Crippen molar-refractivity contribution in [3.63, 3.8) is 0 Å². The first kappa shape index (κ1) is 19.5. The predicted octanol–water partition coefficient (Wildman–Crippen LogP) is 1.68. The van der Waals surface area contributed by atoms with Gasteiger partial charge in [-0.1, -0.05) is 36.4 Å². The molecule has 1 aromatic heterocycles. The Morgan fingerprint density at radius 1 is 1.14 bits per heavy atom. The Balaban J connectivity index is 1.68. The molecular weight excluding hydrogens is 394 g/mol. The molecule has 8 nitrogen and oxygen atoms in total. The minimum absolute atomic E-state index is 0.151. The molecular formula is C20H21N3O5S. The molecule has 2 N–H and O–H groups in total. The van der Waals surface area contributed by atoms with Crippen molar-refractivity contribution in [2.45, 2.75) is 48.8 Å². The lowest BCUT2D eigenvalue weighted by Gasteiger charge is -2.32. The molecule has 1 amide bonds. The second-order valence-corrected chi connectivity index (χ2v) is 8.91. The van der Waals surface area contributed by atoms with Gasteiger partial charge in [-0.3, -0.25) is 4.79 Å².